The number of ether oxygens (including phenoxy) is 3. The van der Waals surface area contributed by atoms with E-state index in [9.17, 15) is 19.5 Å². The molecule has 0 saturated carbocycles. The summed E-state index contributed by atoms with van der Waals surface area (Å²) in [5.74, 6) is -1.51. The normalized spacial score (nSPS) is 13.7. The number of unbranched alkanes of at least 4 members (excludes halogenated alkanes) is 11. The highest BCUT2D eigenvalue weighted by Crippen LogP contribution is 2.13. The van der Waals surface area contributed by atoms with E-state index in [1.165, 1.54) is 32.1 Å². The molecule has 0 rings (SSSR count). The molecule has 0 saturated heterocycles. The number of nitrogens with zero attached hydrogens (tertiary/aromatic N) is 1. The second-order valence-corrected chi connectivity index (χ2v) is 15.2. The zero-order valence-electron chi connectivity index (χ0n) is 35.6. The molecule has 0 heterocycles. The van der Waals surface area contributed by atoms with Crippen molar-refractivity contribution in [3.63, 3.8) is 0 Å². The molecule has 0 aliphatic rings. The number of carboxylic acid groups (broad SMARTS) is 1. The van der Waals surface area contributed by atoms with E-state index in [-0.39, 0.29) is 36.2 Å². The van der Waals surface area contributed by atoms with Crippen molar-refractivity contribution >= 4 is 17.9 Å². The van der Waals surface area contributed by atoms with Crippen LogP contribution >= 0.6 is 0 Å². The molecule has 55 heavy (non-hydrogen) atoms. The zero-order chi connectivity index (χ0) is 40.7. The fourth-order valence-electron chi connectivity index (χ4n) is 5.80. The highest BCUT2D eigenvalue weighted by atomic mass is 16.6. The predicted molar refractivity (Wildman–Crippen MR) is 229 cm³/mol. The van der Waals surface area contributed by atoms with Gasteiger partial charge in [0.25, 0.3) is 0 Å². The zero-order valence-corrected chi connectivity index (χ0v) is 35.6. The first-order valence-corrected chi connectivity index (χ1v) is 21.5. The van der Waals surface area contributed by atoms with E-state index >= 15 is 0 Å². The third kappa shape index (κ3) is 36.2. The van der Waals surface area contributed by atoms with Gasteiger partial charge in [-0.2, -0.15) is 0 Å². The summed E-state index contributed by atoms with van der Waals surface area (Å²) < 4.78 is 17.2. The molecular formula is C47H80NO7+. The van der Waals surface area contributed by atoms with Crippen molar-refractivity contribution in [3.05, 3.63) is 72.9 Å². The standard InChI is InChI=1S/C47H79NO7/c1-6-8-10-12-14-16-17-18-19-20-21-22-23-24-25-26-27-28-29-30-32-33-35-37-45(49)54-42-43(41-53-40-39-44(47(51)52)48(3,4)5)55-46(50)38-36-34-31-15-13-11-9-7-2/h8,10,14,16,18-19,21-22,24-25,27-28,43-44H,6-7,9,11-13,15,17,20,23,26,29-42H2,1-5H3/p+1/b10-8+,16-14+,19-18+,22-21+,25-24+,28-27+. The number of allylic oxidation sites excluding steroid dienone is 12. The second-order valence-electron chi connectivity index (χ2n) is 15.2. The van der Waals surface area contributed by atoms with Crippen molar-refractivity contribution in [2.75, 3.05) is 41.0 Å². The number of quaternary nitrogens is 1. The highest BCUT2D eigenvalue weighted by molar-refractivity contribution is 5.72. The SMILES string of the molecule is CC/C=C/C/C=C/C/C=C/C/C=C/C/C=C/C/C=C/CCCCCCC(=O)OCC(COCCC(C(=O)O)[N+](C)(C)C)OC(=O)CCCCCCCCCC. The Morgan fingerprint density at radius 3 is 1.51 bits per heavy atom. The molecule has 0 aliphatic heterocycles. The van der Waals surface area contributed by atoms with Crippen LogP contribution in [0.3, 0.4) is 0 Å². The second kappa shape index (κ2) is 37.7. The highest BCUT2D eigenvalue weighted by Gasteiger charge is 2.31. The molecule has 0 fully saturated rings. The summed E-state index contributed by atoms with van der Waals surface area (Å²) >= 11 is 0. The summed E-state index contributed by atoms with van der Waals surface area (Å²) in [5, 5.41) is 9.59. The molecule has 1 N–H and O–H groups in total. The average molecular weight is 771 g/mol. The molecule has 0 bridgehead atoms. The summed E-state index contributed by atoms with van der Waals surface area (Å²) in [4.78, 5) is 36.8. The van der Waals surface area contributed by atoms with E-state index in [1.54, 1.807) is 0 Å². The maximum absolute atomic E-state index is 12.6. The van der Waals surface area contributed by atoms with E-state index in [1.807, 2.05) is 21.1 Å². The van der Waals surface area contributed by atoms with Gasteiger partial charge in [0.05, 0.1) is 34.4 Å². The van der Waals surface area contributed by atoms with Crippen LogP contribution in [0.25, 0.3) is 0 Å². The van der Waals surface area contributed by atoms with Gasteiger partial charge in [-0.1, -0.05) is 145 Å². The Morgan fingerprint density at radius 1 is 0.564 bits per heavy atom. The molecule has 314 valence electrons. The van der Waals surface area contributed by atoms with Gasteiger partial charge in [-0.15, -0.1) is 0 Å². The molecule has 8 heteroatoms. The molecule has 2 unspecified atom stereocenters. The lowest BCUT2D eigenvalue weighted by Gasteiger charge is -2.31. The van der Waals surface area contributed by atoms with Crippen LogP contribution in [-0.4, -0.2) is 80.6 Å². The maximum Gasteiger partial charge on any atom is 0.362 e. The van der Waals surface area contributed by atoms with Crippen LogP contribution in [0.1, 0.15) is 155 Å². The molecule has 0 aromatic heterocycles. The van der Waals surface area contributed by atoms with Crippen LogP contribution in [0.5, 0.6) is 0 Å². The molecule has 8 nitrogen and oxygen atoms in total. The van der Waals surface area contributed by atoms with Gasteiger partial charge >= 0.3 is 17.9 Å². The smallest absolute Gasteiger partial charge is 0.362 e. The van der Waals surface area contributed by atoms with Crippen LogP contribution in [0, 0.1) is 0 Å². The van der Waals surface area contributed by atoms with Gasteiger partial charge in [0, 0.05) is 19.3 Å². The predicted octanol–water partition coefficient (Wildman–Crippen LogP) is 11.6. The summed E-state index contributed by atoms with van der Waals surface area (Å²) in [5.41, 5.74) is 0. The summed E-state index contributed by atoms with van der Waals surface area (Å²) in [6.07, 6.45) is 46.7. The van der Waals surface area contributed by atoms with Crippen molar-refractivity contribution in [2.24, 2.45) is 0 Å². The fraction of sp³-hybridized carbons (Fsp3) is 0.681. The van der Waals surface area contributed by atoms with Crippen LogP contribution in [0.2, 0.25) is 0 Å². The topological polar surface area (TPSA) is 99.1 Å². The minimum absolute atomic E-state index is 0.0501. The Bertz CT molecular complexity index is 1130. The lowest BCUT2D eigenvalue weighted by molar-refractivity contribution is -0.887. The van der Waals surface area contributed by atoms with Gasteiger partial charge in [-0.25, -0.2) is 4.79 Å². The number of hydrogen-bond donors (Lipinski definition) is 1. The Labute approximate surface area is 336 Å². The number of likely N-dealkylation sites (N-methyl/N-ethyl adjacent to an activating group) is 1. The number of hydrogen-bond acceptors (Lipinski definition) is 6. The molecular weight excluding hydrogens is 691 g/mol. The van der Waals surface area contributed by atoms with E-state index in [0.29, 0.717) is 19.3 Å². The fourth-order valence-corrected chi connectivity index (χ4v) is 5.80. The Morgan fingerprint density at radius 2 is 1.02 bits per heavy atom. The number of rotatable bonds is 37. The first kappa shape index (κ1) is 51.8. The molecule has 0 spiro atoms. The maximum atomic E-state index is 12.6. The van der Waals surface area contributed by atoms with E-state index < -0.39 is 18.1 Å². The first-order valence-electron chi connectivity index (χ1n) is 21.5. The van der Waals surface area contributed by atoms with E-state index in [2.05, 4.69) is 86.8 Å². The van der Waals surface area contributed by atoms with Crippen molar-refractivity contribution in [3.8, 4) is 0 Å². The van der Waals surface area contributed by atoms with Gasteiger partial charge in [0.2, 0.25) is 0 Å². The number of carbonyl (C=O) groups is 3. The van der Waals surface area contributed by atoms with Crippen LogP contribution in [0.4, 0.5) is 0 Å². The van der Waals surface area contributed by atoms with Crippen molar-refractivity contribution in [1.29, 1.82) is 0 Å². The molecule has 0 aromatic carbocycles. The van der Waals surface area contributed by atoms with Gasteiger partial charge in [0.1, 0.15) is 6.61 Å². The first-order chi connectivity index (χ1) is 26.6. The summed E-state index contributed by atoms with van der Waals surface area (Å²) in [7, 11) is 5.50. The summed E-state index contributed by atoms with van der Waals surface area (Å²) in [6.45, 7) is 4.54. The molecule has 2 atom stereocenters. The van der Waals surface area contributed by atoms with E-state index in [4.69, 9.17) is 14.2 Å². The van der Waals surface area contributed by atoms with E-state index in [0.717, 1.165) is 89.9 Å². The van der Waals surface area contributed by atoms with Crippen LogP contribution < -0.4 is 0 Å². The van der Waals surface area contributed by atoms with Gasteiger partial charge in [-0.05, 0) is 64.2 Å². The number of aliphatic carboxylic acids is 1. The van der Waals surface area contributed by atoms with Crippen molar-refractivity contribution < 1.29 is 38.2 Å². The van der Waals surface area contributed by atoms with Gasteiger partial charge < -0.3 is 23.8 Å². The molecule has 0 aromatic rings. The minimum Gasteiger partial charge on any atom is -0.477 e. The third-order valence-electron chi connectivity index (χ3n) is 9.12. The number of carbonyl (C=O) groups excluding carboxylic acids is 2. The quantitative estimate of drug-likeness (QED) is 0.0291. The molecule has 0 amide bonds. The number of carboxylic acids is 1. The van der Waals surface area contributed by atoms with Crippen molar-refractivity contribution in [2.45, 2.75) is 167 Å². The average Bonchev–Trinajstić information content (AvgIpc) is 3.14. The van der Waals surface area contributed by atoms with Crippen LogP contribution in [-0.2, 0) is 28.6 Å². The number of esters is 2. The molecule has 0 radical (unpaired) electrons. The van der Waals surface area contributed by atoms with Gasteiger partial charge in [-0.3, -0.25) is 9.59 Å². The largest absolute Gasteiger partial charge is 0.477 e. The minimum atomic E-state index is -0.882. The Balaban J connectivity index is 4.29. The third-order valence-corrected chi connectivity index (χ3v) is 9.12. The van der Waals surface area contributed by atoms with Crippen LogP contribution in [0.15, 0.2) is 72.9 Å². The molecule has 0 aliphatic carbocycles. The monoisotopic (exact) mass is 771 g/mol. The van der Waals surface area contributed by atoms with Gasteiger partial charge in [0.15, 0.2) is 12.1 Å². The lowest BCUT2D eigenvalue weighted by Crippen LogP contribution is -2.50. The van der Waals surface area contributed by atoms with Crippen molar-refractivity contribution in [1.82, 2.24) is 0 Å². The summed E-state index contributed by atoms with van der Waals surface area (Å²) in [6, 6.07) is -0.619. The Kier molecular flexibility index (Phi) is 35.5. The lowest BCUT2D eigenvalue weighted by atomic mass is 10.1. The Hall–Kier alpha value is -3.23.